The van der Waals surface area contributed by atoms with Gasteiger partial charge in [0.05, 0.1) is 17.8 Å². The third-order valence-corrected chi connectivity index (χ3v) is 7.25. The van der Waals surface area contributed by atoms with Gasteiger partial charge < -0.3 is 0 Å². The fourth-order valence-electron chi connectivity index (χ4n) is 6.40. The van der Waals surface area contributed by atoms with Gasteiger partial charge in [-0.15, -0.1) is 0 Å². The Bertz CT molecular complexity index is 1110. The Balaban J connectivity index is 1.64. The van der Waals surface area contributed by atoms with Gasteiger partial charge in [0.25, 0.3) is 0 Å². The molecule has 3 heterocycles. The van der Waals surface area contributed by atoms with E-state index in [2.05, 4.69) is 19.1 Å². The number of hydrogen-bond donors (Lipinski definition) is 0. The van der Waals surface area contributed by atoms with Crippen LogP contribution in [0.2, 0.25) is 0 Å². The highest BCUT2D eigenvalue weighted by atomic mass is 16.2. The Morgan fingerprint density at radius 2 is 1.77 bits per heavy atom. The summed E-state index contributed by atoms with van der Waals surface area (Å²) in [7, 11) is 0. The van der Waals surface area contributed by atoms with Gasteiger partial charge in [-0.25, -0.2) is 23.5 Å². The van der Waals surface area contributed by atoms with Crippen LogP contribution in [0.5, 0.6) is 0 Å². The molecule has 1 fully saturated rings. The van der Waals surface area contributed by atoms with Crippen molar-refractivity contribution in [3.05, 3.63) is 74.6 Å². The Morgan fingerprint density at radius 3 is 2.58 bits per heavy atom. The van der Waals surface area contributed by atoms with E-state index in [1.807, 2.05) is 30.3 Å². The summed E-state index contributed by atoms with van der Waals surface area (Å²) in [5.74, 6) is 0.372. The summed E-state index contributed by atoms with van der Waals surface area (Å²) in [6.45, 7) is 2.24. The van der Waals surface area contributed by atoms with Gasteiger partial charge in [-0.2, -0.15) is 0 Å². The number of nitrogens with zero attached hydrogens (tertiary/aromatic N) is 3. The quantitative estimate of drug-likeness (QED) is 0.745. The lowest BCUT2D eigenvalue weighted by Crippen LogP contribution is -2.61. The van der Waals surface area contributed by atoms with Crippen molar-refractivity contribution in [3.63, 3.8) is 0 Å². The van der Waals surface area contributed by atoms with Crippen molar-refractivity contribution in [1.29, 1.82) is 0 Å². The molecule has 5 aliphatic rings. The molecule has 0 saturated heterocycles. The number of benzene rings is 1. The largest absolute Gasteiger partial charge is 0.352 e. The van der Waals surface area contributed by atoms with E-state index in [9.17, 15) is 9.59 Å². The molecular weight excluding hydrogens is 326 g/mol. The standard InChI is InChI=1S/C21H21N3O2/c1-13-15-9-5-6-12-21(15)17-11-10-16(18(13)21)23-19(25)22(20(26)24(17)23)14-7-3-2-4-8-14/h2-4,7-8,10-11,16-18H,5-6,9,12H2,1H3/t16-,17-,18-,21+/m1/s1. The minimum atomic E-state index is -0.215. The Morgan fingerprint density at radius 1 is 1.00 bits per heavy atom. The first-order valence-electron chi connectivity index (χ1n) is 9.56. The average Bonchev–Trinajstić information content (AvgIpc) is 2.94. The van der Waals surface area contributed by atoms with Crippen molar-refractivity contribution < 1.29 is 0 Å². The monoisotopic (exact) mass is 347 g/mol. The molecule has 1 saturated carbocycles. The van der Waals surface area contributed by atoms with Gasteiger partial charge in [-0.1, -0.05) is 47.9 Å². The van der Waals surface area contributed by atoms with E-state index in [1.165, 1.54) is 23.0 Å². The smallest absolute Gasteiger partial charge is 0.245 e. The van der Waals surface area contributed by atoms with Crippen molar-refractivity contribution in [3.8, 4) is 5.69 Å². The number of hydrogen-bond acceptors (Lipinski definition) is 2. The summed E-state index contributed by atoms with van der Waals surface area (Å²) in [4.78, 5) is 26.5. The third-order valence-electron chi connectivity index (χ3n) is 7.25. The maximum atomic E-state index is 13.3. The lowest BCUT2D eigenvalue weighted by molar-refractivity contribution is -0.00781. The summed E-state index contributed by atoms with van der Waals surface area (Å²) < 4.78 is 4.82. The predicted molar refractivity (Wildman–Crippen MR) is 98.6 cm³/mol. The van der Waals surface area contributed by atoms with Gasteiger partial charge in [0, 0.05) is 11.3 Å². The summed E-state index contributed by atoms with van der Waals surface area (Å²) in [6.07, 6.45) is 9.09. The van der Waals surface area contributed by atoms with E-state index in [0.29, 0.717) is 11.6 Å². The van der Waals surface area contributed by atoms with E-state index in [0.717, 1.165) is 12.8 Å². The van der Waals surface area contributed by atoms with E-state index in [-0.39, 0.29) is 28.9 Å². The van der Waals surface area contributed by atoms with Gasteiger partial charge in [0.1, 0.15) is 0 Å². The van der Waals surface area contributed by atoms with E-state index >= 15 is 0 Å². The fourth-order valence-corrected chi connectivity index (χ4v) is 6.40. The molecule has 1 aromatic heterocycles. The zero-order valence-electron chi connectivity index (χ0n) is 14.8. The molecule has 2 aliphatic heterocycles. The molecule has 4 atom stereocenters. The zero-order chi connectivity index (χ0) is 17.6. The molecule has 1 spiro atoms. The minimum Gasteiger partial charge on any atom is -0.245 e. The predicted octanol–water partition coefficient (Wildman–Crippen LogP) is 2.97. The molecule has 3 aliphatic carbocycles. The molecule has 5 nitrogen and oxygen atoms in total. The van der Waals surface area contributed by atoms with Gasteiger partial charge >= 0.3 is 11.4 Å². The second kappa shape index (κ2) is 4.58. The molecule has 0 amide bonds. The maximum Gasteiger partial charge on any atom is 0.352 e. The van der Waals surface area contributed by atoms with Crippen molar-refractivity contribution in [2.45, 2.75) is 44.7 Å². The van der Waals surface area contributed by atoms with Crippen LogP contribution in [0.3, 0.4) is 0 Å². The third kappa shape index (κ3) is 1.38. The first-order chi connectivity index (χ1) is 12.7. The van der Waals surface area contributed by atoms with Crippen molar-refractivity contribution in [2.24, 2.45) is 11.3 Å². The van der Waals surface area contributed by atoms with Gasteiger partial charge in [0.15, 0.2) is 0 Å². The average molecular weight is 347 g/mol. The summed E-state index contributed by atoms with van der Waals surface area (Å²) in [5, 5.41) is 0. The van der Waals surface area contributed by atoms with Crippen LogP contribution in [0, 0.1) is 11.3 Å². The van der Waals surface area contributed by atoms with Crippen molar-refractivity contribution >= 4 is 0 Å². The van der Waals surface area contributed by atoms with E-state index < -0.39 is 0 Å². The molecule has 0 N–H and O–H groups in total. The second-order valence-electron chi connectivity index (χ2n) is 8.13. The molecule has 7 rings (SSSR count). The number of aromatic nitrogens is 3. The van der Waals surface area contributed by atoms with Crippen LogP contribution in [-0.4, -0.2) is 13.9 Å². The van der Waals surface area contributed by atoms with Crippen LogP contribution < -0.4 is 11.4 Å². The molecule has 0 radical (unpaired) electrons. The highest BCUT2D eigenvalue weighted by Crippen LogP contribution is 2.70. The molecule has 2 aromatic rings. The molecule has 26 heavy (non-hydrogen) atoms. The lowest BCUT2D eigenvalue weighted by atomic mass is 9.44. The van der Waals surface area contributed by atoms with Crippen LogP contribution in [0.1, 0.15) is 44.7 Å². The van der Waals surface area contributed by atoms with Crippen LogP contribution in [-0.2, 0) is 0 Å². The number of para-hydroxylation sites is 1. The van der Waals surface area contributed by atoms with Crippen LogP contribution in [0.15, 0.2) is 63.2 Å². The molecule has 0 unspecified atom stereocenters. The maximum absolute atomic E-state index is 13.3. The summed E-state index contributed by atoms with van der Waals surface area (Å²) in [6, 6.07) is 9.22. The van der Waals surface area contributed by atoms with Crippen LogP contribution in [0.4, 0.5) is 0 Å². The SMILES string of the molecule is CC1=C2CCCC[C@]23[C@H]1[C@H]1C=C[C@H]3n2c(=O)n(-c3ccccc3)c(=O)n21. The Kier molecular flexibility index (Phi) is 2.57. The minimum absolute atomic E-state index is 0.0262. The zero-order valence-corrected chi connectivity index (χ0v) is 14.8. The second-order valence-corrected chi connectivity index (χ2v) is 8.13. The summed E-state index contributed by atoms with van der Waals surface area (Å²) in [5.41, 5.74) is 3.32. The fraction of sp³-hybridized carbons (Fsp3) is 0.429. The highest BCUT2D eigenvalue weighted by Gasteiger charge is 2.64. The lowest BCUT2D eigenvalue weighted by Gasteiger charge is -2.64. The van der Waals surface area contributed by atoms with E-state index in [1.54, 1.807) is 14.9 Å². The highest BCUT2D eigenvalue weighted by molar-refractivity contribution is 5.47. The van der Waals surface area contributed by atoms with Gasteiger partial charge in [-0.05, 0) is 38.3 Å². The van der Waals surface area contributed by atoms with Crippen LogP contribution in [0.25, 0.3) is 5.69 Å². The normalized spacial score (nSPS) is 33.5. The molecule has 1 aromatic carbocycles. The number of rotatable bonds is 1. The molecular formula is C21H21N3O2. The molecule has 5 heteroatoms. The first kappa shape index (κ1) is 14.6. The van der Waals surface area contributed by atoms with Gasteiger partial charge in [0.2, 0.25) is 0 Å². The molecule has 2 bridgehead atoms. The summed E-state index contributed by atoms with van der Waals surface area (Å²) >= 11 is 0. The first-order valence-corrected chi connectivity index (χ1v) is 9.56. The van der Waals surface area contributed by atoms with Crippen molar-refractivity contribution in [2.75, 3.05) is 0 Å². The van der Waals surface area contributed by atoms with Crippen molar-refractivity contribution in [1.82, 2.24) is 13.9 Å². The molecule has 132 valence electrons. The Hall–Kier alpha value is -2.56. The van der Waals surface area contributed by atoms with Crippen LogP contribution >= 0.6 is 0 Å². The van der Waals surface area contributed by atoms with Gasteiger partial charge in [-0.3, -0.25) is 0 Å². The Labute approximate surface area is 150 Å². The van der Waals surface area contributed by atoms with E-state index in [4.69, 9.17) is 0 Å². The topological polar surface area (TPSA) is 48.9 Å². The number of allylic oxidation sites excluding steroid dienone is 4.